The lowest BCUT2D eigenvalue weighted by molar-refractivity contribution is 0.0948. The lowest BCUT2D eigenvalue weighted by Crippen LogP contribution is -2.43. The number of carbonyl (C=O) groups is 1. The highest BCUT2D eigenvalue weighted by Crippen LogP contribution is 2.32. The van der Waals surface area contributed by atoms with Gasteiger partial charge in [0.25, 0.3) is 5.91 Å². The van der Waals surface area contributed by atoms with Crippen LogP contribution in [0, 0.1) is 12.8 Å². The second kappa shape index (κ2) is 7.72. The van der Waals surface area contributed by atoms with E-state index in [-0.39, 0.29) is 5.91 Å². The molecule has 2 aromatic rings. The van der Waals surface area contributed by atoms with Crippen molar-refractivity contribution in [1.29, 1.82) is 0 Å². The third kappa shape index (κ3) is 4.51. The zero-order valence-corrected chi connectivity index (χ0v) is 16.5. The summed E-state index contributed by atoms with van der Waals surface area (Å²) in [6.45, 7) is 4.19. The van der Waals surface area contributed by atoms with E-state index >= 15 is 0 Å². The number of carbonyl (C=O) groups excluding carboxylic acids is 1. The SMILES string of the molecule is Cc1ccc(NC(=S)NNC(=O)c2cc3c(s2)CC[C@@H](C)C3)cc1Cl. The normalized spacial score (nSPS) is 16.0. The summed E-state index contributed by atoms with van der Waals surface area (Å²) in [5.41, 5.74) is 8.46. The Labute approximate surface area is 161 Å². The van der Waals surface area contributed by atoms with Crippen molar-refractivity contribution < 1.29 is 4.79 Å². The van der Waals surface area contributed by atoms with Gasteiger partial charge in [-0.1, -0.05) is 24.6 Å². The fourth-order valence-electron chi connectivity index (χ4n) is 2.83. The molecule has 1 heterocycles. The Hall–Kier alpha value is -1.63. The van der Waals surface area contributed by atoms with Crippen LogP contribution in [0.1, 0.15) is 39.0 Å². The summed E-state index contributed by atoms with van der Waals surface area (Å²) in [6.07, 6.45) is 3.32. The van der Waals surface area contributed by atoms with Crippen molar-refractivity contribution in [2.45, 2.75) is 33.1 Å². The van der Waals surface area contributed by atoms with Gasteiger partial charge in [-0.2, -0.15) is 0 Å². The Morgan fingerprint density at radius 2 is 2.12 bits per heavy atom. The maximum Gasteiger partial charge on any atom is 0.279 e. The van der Waals surface area contributed by atoms with Crippen molar-refractivity contribution in [3.05, 3.63) is 50.2 Å². The van der Waals surface area contributed by atoms with Gasteiger partial charge in [0.05, 0.1) is 4.88 Å². The topological polar surface area (TPSA) is 53.2 Å². The number of anilines is 1. The average Bonchev–Trinajstić information content (AvgIpc) is 2.99. The number of thiocarbonyl (C=S) groups is 1. The third-order valence-corrected chi connectivity index (χ3v) is 6.12. The Kier molecular flexibility index (Phi) is 5.61. The number of halogens is 1. The highest BCUT2D eigenvalue weighted by molar-refractivity contribution is 7.80. The molecule has 0 aliphatic heterocycles. The second-order valence-electron chi connectivity index (χ2n) is 6.40. The van der Waals surface area contributed by atoms with E-state index in [1.54, 1.807) is 17.4 Å². The Morgan fingerprint density at radius 1 is 1.32 bits per heavy atom. The molecule has 1 amide bonds. The van der Waals surface area contributed by atoms with Crippen LogP contribution < -0.4 is 16.2 Å². The molecular formula is C18H20ClN3OS2. The summed E-state index contributed by atoms with van der Waals surface area (Å²) in [5, 5.41) is 3.97. The van der Waals surface area contributed by atoms with E-state index in [1.165, 1.54) is 16.9 Å². The van der Waals surface area contributed by atoms with E-state index in [1.807, 2.05) is 25.1 Å². The van der Waals surface area contributed by atoms with E-state index in [0.717, 1.165) is 24.1 Å². The van der Waals surface area contributed by atoms with Gasteiger partial charge in [0, 0.05) is 15.6 Å². The van der Waals surface area contributed by atoms with Crippen molar-refractivity contribution >= 4 is 51.9 Å². The zero-order valence-electron chi connectivity index (χ0n) is 14.1. The van der Waals surface area contributed by atoms with Crippen molar-refractivity contribution in [1.82, 2.24) is 10.9 Å². The van der Waals surface area contributed by atoms with Crippen molar-refractivity contribution in [3.63, 3.8) is 0 Å². The van der Waals surface area contributed by atoms with E-state index in [2.05, 4.69) is 23.1 Å². The molecular weight excluding hydrogens is 374 g/mol. The van der Waals surface area contributed by atoms with Crippen LogP contribution >= 0.6 is 35.2 Å². The maximum absolute atomic E-state index is 12.3. The smallest absolute Gasteiger partial charge is 0.279 e. The predicted molar refractivity (Wildman–Crippen MR) is 109 cm³/mol. The van der Waals surface area contributed by atoms with Gasteiger partial charge in [-0.05, 0) is 73.6 Å². The van der Waals surface area contributed by atoms with Gasteiger partial charge in [0.15, 0.2) is 5.11 Å². The lowest BCUT2D eigenvalue weighted by Gasteiger charge is -2.16. The van der Waals surface area contributed by atoms with Crippen molar-refractivity contribution in [2.24, 2.45) is 5.92 Å². The maximum atomic E-state index is 12.3. The highest BCUT2D eigenvalue weighted by atomic mass is 35.5. The number of fused-ring (bicyclic) bond motifs is 1. The first kappa shape index (κ1) is 18.2. The van der Waals surface area contributed by atoms with Crippen LogP contribution in [-0.4, -0.2) is 11.0 Å². The molecule has 0 saturated carbocycles. The quantitative estimate of drug-likeness (QED) is 0.520. The van der Waals surface area contributed by atoms with Gasteiger partial charge in [0.1, 0.15) is 0 Å². The minimum Gasteiger partial charge on any atom is -0.331 e. The molecule has 7 heteroatoms. The van der Waals surface area contributed by atoms with Crippen molar-refractivity contribution in [2.75, 3.05) is 5.32 Å². The summed E-state index contributed by atoms with van der Waals surface area (Å²) in [5.74, 6) is 0.521. The first-order chi connectivity index (χ1) is 11.9. The fourth-order valence-corrected chi connectivity index (χ4v) is 4.28. The molecule has 3 N–H and O–H groups in total. The van der Waals surface area contributed by atoms with Crippen LogP contribution in [0.25, 0.3) is 0 Å². The summed E-state index contributed by atoms with van der Waals surface area (Å²) in [4.78, 5) is 14.4. The van der Waals surface area contributed by atoms with Gasteiger partial charge in [-0.15, -0.1) is 11.3 Å². The largest absolute Gasteiger partial charge is 0.331 e. The molecule has 4 nitrogen and oxygen atoms in total. The number of hydrogen-bond donors (Lipinski definition) is 3. The van der Waals surface area contributed by atoms with Gasteiger partial charge in [-0.25, -0.2) is 0 Å². The molecule has 0 unspecified atom stereocenters. The molecule has 1 aliphatic rings. The zero-order chi connectivity index (χ0) is 18.0. The van der Waals surface area contributed by atoms with E-state index in [9.17, 15) is 4.79 Å². The molecule has 0 saturated heterocycles. The number of benzene rings is 1. The van der Waals surface area contributed by atoms with E-state index in [0.29, 0.717) is 20.9 Å². The van der Waals surface area contributed by atoms with Crippen LogP contribution in [-0.2, 0) is 12.8 Å². The van der Waals surface area contributed by atoms with Crippen molar-refractivity contribution in [3.8, 4) is 0 Å². The molecule has 0 fully saturated rings. The minimum atomic E-state index is -0.168. The number of nitrogens with one attached hydrogen (secondary N) is 3. The average molecular weight is 394 g/mol. The summed E-state index contributed by atoms with van der Waals surface area (Å²) in [7, 11) is 0. The molecule has 132 valence electrons. The number of aryl methyl sites for hydroxylation is 2. The van der Waals surface area contributed by atoms with Crippen LogP contribution in [0.5, 0.6) is 0 Å². The second-order valence-corrected chi connectivity index (χ2v) is 8.36. The van der Waals surface area contributed by atoms with Crippen LogP contribution in [0.2, 0.25) is 5.02 Å². The van der Waals surface area contributed by atoms with Crippen LogP contribution in [0.3, 0.4) is 0 Å². The molecule has 1 aliphatic carbocycles. The fraction of sp³-hybridized carbons (Fsp3) is 0.333. The number of thiophene rings is 1. The molecule has 1 atom stereocenters. The number of hydrogen-bond acceptors (Lipinski definition) is 3. The Bertz CT molecular complexity index is 819. The summed E-state index contributed by atoms with van der Waals surface area (Å²) in [6, 6.07) is 7.58. The number of rotatable bonds is 2. The van der Waals surface area contributed by atoms with Crippen LogP contribution in [0.4, 0.5) is 5.69 Å². The monoisotopic (exact) mass is 393 g/mol. The molecule has 0 bridgehead atoms. The lowest BCUT2D eigenvalue weighted by atomic mass is 9.90. The third-order valence-electron chi connectivity index (χ3n) is 4.27. The first-order valence-electron chi connectivity index (χ1n) is 8.17. The van der Waals surface area contributed by atoms with Gasteiger partial charge >= 0.3 is 0 Å². The molecule has 0 radical (unpaired) electrons. The molecule has 25 heavy (non-hydrogen) atoms. The Balaban J connectivity index is 1.55. The molecule has 0 spiro atoms. The summed E-state index contributed by atoms with van der Waals surface area (Å²) >= 11 is 12.9. The Morgan fingerprint density at radius 3 is 2.88 bits per heavy atom. The minimum absolute atomic E-state index is 0.168. The van der Waals surface area contributed by atoms with E-state index in [4.69, 9.17) is 23.8 Å². The van der Waals surface area contributed by atoms with Gasteiger partial charge in [-0.3, -0.25) is 15.6 Å². The summed E-state index contributed by atoms with van der Waals surface area (Å²) < 4.78 is 0. The van der Waals surface area contributed by atoms with Crippen LogP contribution in [0.15, 0.2) is 24.3 Å². The predicted octanol–water partition coefficient (Wildman–Crippen LogP) is 4.47. The highest BCUT2D eigenvalue weighted by Gasteiger charge is 2.20. The number of hydrazine groups is 1. The van der Waals surface area contributed by atoms with E-state index < -0.39 is 0 Å². The van der Waals surface area contributed by atoms with Gasteiger partial charge in [0.2, 0.25) is 0 Å². The molecule has 1 aromatic carbocycles. The molecule has 3 rings (SSSR count). The molecule has 1 aromatic heterocycles. The standard InChI is InChI=1S/C18H20ClN3OS2/c1-10-3-6-15-12(7-10)8-16(25-15)17(23)21-22-18(24)20-13-5-4-11(2)14(19)9-13/h4-5,8-10H,3,6-7H2,1-2H3,(H,21,23)(H2,20,22,24)/t10-/m1/s1. The first-order valence-corrected chi connectivity index (χ1v) is 9.77. The van der Waals surface area contributed by atoms with Gasteiger partial charge < -0.3 is 5.32 Å². The number of amides is 1.